The number of amides is 2. The van der Waals surface area contributed by atoms with Crippen LogP contribution in [0.2, 0.25) is 0 Å². The first-order chi connectivity index (χ1) is 20.4. The zero-order chi connectivity index (χ0) is 31.7. The first kappa shape index (κ1) is 35.6. The summed E-state index contributed by atoms with van der Waals surface area (Å²) >= 11 is 0. The lowest BCUT2D eigenvalue weighted by atomic mass is 9.78. The number of carbonyl (C=O) groups is 4. The Kier molecular flexibility index (Phi) is 16.0. The summed E-state index contributed by atoms with van der Waals surface area (Å²) in [7, 11) is 2.61. The Hall–Kier alpha value is -4.41. The first-order valence-corrected chi connectivity index (χ1v) is 13.2. The summed E-state index contributed by atoms with van der Waals surface area (Å²) in [6, 6.07) is 20.9. The van der Waals surface area contributed by atoms with Crippen molar-refractivity contribution in [1.82, 2.24) is 5.32 Å². The zero-order valence-corrected chi connectivity index (χ0v) is 24.2. The molecule has 3 N–H and O–H groups in total. The molecule has 0 aliphatic carbocycles. The number of nitrogens with zero attached hydrogens (tertiary/aromatic N) is 1. The standard InChI is InChI=1S/C29H31FN2O4.CH4O.2CH2O/c1-3-27(34)31-18-19-4-12-23(13-5-19)32-28(21-8-14-24(36-2)15-9-21)25(29(32)35)16-17-26(33)20-6-10-22(30)11-7-20;3*1-2/h4-15,25-26,28,33H,3,16-18H2,1-2H3,(H,31,34);2H,1H3;2*1H2. The molecule has 3 aromatic rings. The number of nitrogens with one attached hydrogen (secondary N) is 1. The minimum absolute atomic E-state index is 0.00541. The van der Waals surface area contributed by atoms with Crippen LogP contribution in [0, 0.1) is 11.7 Å². The van der Waals surface area contributed by atoms with Gasteiger partial charge in [0.2, 0.25) is 11.8 Å². The Morgan fingerprint density at radius 2 is 1.55 bits per heavy atom. The normalized spacial score (nSPS) is 15.7. The summed E-state index contributed by atoms with van der Waals surface area (Å²) in [5.74, 6) is 0.0696. The number of aliphatic hydroxyl groups excluding tert-OH is 2. The summed E-state index contributed by atoms with van der Waals surface area (Å²) in [6.45, 7) is 6.25. The molecule has 0 radical (unpaired) electrons. The number of methoxy groups -OCH3 is 1. The third kappa shape index (κ3) is 9.32. The molecule has 1 aliphatic rings. The average molecular weight is 583 g/mol. The van der Waals surface area contributed by atoms with Crippen LogP contribution in [0.1, 0.15) is 55.0 Å². The maximum absolute atomic E-state index is 13.3. The van der Waals surface area contributed by atoms with Crippen molar-refractivity contribution in [2.75, 3.05) is 19.1 Å². The number of β-lactam (4-membered cyclic amide) rings is 1. The minimum atomic E-state index is -0.776. The van der Waals surface area contributed by atoms with Gasteiger partial charge in [-0.1, -0.05) is 43.3 Å². The van der Waals surface area contributed by atoms with Crippen molar-refractivity contribution in [3.63, 3.8) is 0 Å². The summed E-state index contributed by atoms with van der Waals surface area (Å²) in [6.07, 6.45) is 0.535. The van der Waals surface area contributed by atoms with E-state index in [-0.39, 0.29) is 29.6 Å². The highest BCUT2D eigenvalue weighted by molar-refractivity contribution is 6.03. The Balaban J connectivity index is 0.00000138. The Morgan fingerprint density at radius 1 is 0.976 bits per heavy atom. The van der Waals surface area contributed by atoms with Crippen LogP contribution < -0.4 is 15.0 Å². The fraction of sp³-hybridized carbons (Fsp3) is 0.312. The highest BCUT2D eigenvalue weighted by atomic mass is 19.1. The van der Waals surface area contributed by atoms with Gasteiger partial charge in [0.15, 0.2) is 0 Å². The molecule has 226 valence electrons. The van der Waals surface area contributed by atoms with Crippen LogP contribution in [0.15, 0.2) is 72.8 Å². The van der Waals surface area contributed by atoms with Gasteiger partial charge < -0.3 is 34.8 Å². The van der Waals surface area contributed by atoms with E-state index >= 15 is 0 Å². The van der Waals surface area contributed by atoms with Crippen LogP contribution in [0.4, 0.5) is 10.1 Å². The van der Waals surface area contributed by atoms with Crippen LogP contribution in [-0.4, -0.2) is 49.8 Å². The molecule has 0 spiro atoms. The second-order valence-electron chi connectivity index (χ2n) is 8.97. The number of hydrogen-bond donors (Lipinski definition) is 3. The van der Waals surface area contributed by atoms with Crippen molar-refractivity contribution in [2.45, 2.75) is 44.9 Å². The number of halogens is 1. The minimum Gasteiger partial charge on any atom is -0.497 e. The lowest BCUT2D eigenvalue weighted by molar-refractivity contribution is -0.131. The summed E-state index contributed by atoms with van der Waals surface area (Å²) < 4.78 is 18.5. The number of rotatable bonds is 10. The molecule has 0 aromatic heterocycles. The summed E-state index contributed by atoms with van der Waals surface area (Å²) in [5.41, 5.74) is 3.35. The average Bonchev–Trinajstić information content (AvgIpc) is 3.06. The molecule has 2 amide bonds. The molecular weight excluding hydrogens is 543 g/mol. The lowest BCUT2D eigenvalue weighted by Crippen LogP contribution is -2.55. The molecule has 3 aromatic carbocycles. The van der Waals surface area contributed by atoms with Crippen LogP contribution in [0.3, 0.4) is 0 Å². The summed E-state index contributed by atoms with van der Waals surface area (Å²) in [5, 5.41) is 20.5. The van der Waals surface area contributed by atoms with E-state index < -0.39 is 6.10 Å². The molecule has 1 fully saturated rings. The predicted octanol–water partition coefficient (Wildman–Crippen LogP) is 4.32. The Labute approximate surface area is 245 Å². The second-order valence-corrected chi connectivity index (χ2v) is 8.97. The van der Waals surface area contributed by atoms with E-state index in [1.165, 1.54) is 12.1 Å². The molecule has 1 heterocycles. The number of ether oxygens (including phenoxy) is 1. The topological polar surface area (TPSA) is 133 Å². The van der Waals surface area contributed by atoms with Gasteiger partial charge >= 0.3 is 0 Å². The molecule has 42 heavy (non-hydrogen) atoms. The van der Waals surface area contributed by atoms with Gasteiger partial charge in [-0.15, -0.1) is 0 Å². The molecule has 0 bridgehead atoms. The van der Waals surface area contributed by atoms with Gasteiger partial charge in [0.25, 0.3) is 0 Å². The Morgan fingerprint density at radius 3 is 2.07 bits per heavy atom. The van der Waals surface area contributed by atoms with E-state index in [0.717, 1.165) is 29.7 Å². The van der Waals surface area contributed by atoms with E-state index in [0.29, 0.717) is 31.4 Å². The van der Waals surface area contributed by atoms with Crippen molar-refractivity contribution < 1.29 is 38.5 Å². The van der Waals surface area contributed by atoms with Gasteiger partial charge in [0.05, 0.1) is 25.2 Å². The van der Waals surface area contributed by atoms with Crippen LogP contribution in [0.25, 0.3) is 0 Å². The molecule has 0 saturated carbocycles. The first-order valence-electron chi connectivity index (χ1n) is 13.2. The Bertz CT molecular complexity index is 1220. The van der Waals surface area contributed by atoms with Gasteiger partial charge in [0.1, 0.15) is 25.1 Å². The number of anilines is 1. The van der Waals surface area contributed by atoms with Gasteiger partial charge in [-0.25, -0.2) is 4.39 Å². The smallest absolute Gasteiger partial charge is 0.233 e. The SMILES string of the molecule is C=O.C=O.CCC(=O)NCc1ccc(N2C(=O)C(CCC(O)c3ccc(F)cc3)C2c2ccc(OC)cc2)cc1.CO. The molecule has 4 rings (SSSR count). The third-order valence-corrected chi connectivity index (χ3v) is 6.70. The largest absolute Gasteiger partial charge is 0.497 e. The van der Waals surface area contributed by atoms with Gasteiger partial charge in [0, 0.05) is 25.8 Å². The van der Waals surface area contributed by atoms with Crippen molar-refractivity contribution in [3.05, 3.63) is 95.3 Å². The highest BCUT2D eigenvalue weighted by Gasteiger charge is 2.48. The van der Waals surface area contributed by atoms with Crippen molar-refractivity contribution in [1.29, 1.82) is 0 Å². The molecule has 1 saturated heterocycles. The zero-order valence-electron chi connectivity index (χ0n) is 24.2. The van der Waals surface area contributed by atoms with Gasteiger partial charge in [-0.3, -0.25) is 9.59 Å². The van der Waals surface area contributed by atoms with Crippen molar-refractivity contribution in [2.24, 2.45) is 5.92 Å². The number of benzene rings is 3. The van der Waals surface area contributed by atoms with E-state index in [4.69, 9.17) is 19.4 Å². The number of carbonyl (C=O) groups excluding carboxylic acids is 4. The number of aliphatic hydroxyl groups is 2. The molecular formula is C32H39FN2O7. The molecule has 3 unspecified atom stereocenters. The van der Waals surface area contributed by atoms with E-state index in [1.54, 1.807) is 24.1 Å². The maximum Gasteiger partial charge on any atom is 0.233 e. The van der Waals surface area contributed by atoms with E-state index in [1.807, 2.05) is 69.0 Å². The molecule has 9 nitrogen and oxygen atoms in total. The van der Waals surface area contributed by atoms with Crippen LogP contribution in [0.5, 0.6) is 5.75 Å². The fourth-order valence-electron chi connectivity index (χ4n) is 4.59. The second kappa shape index (κ2) is 18.8. The summed E-state index contributed by atoms with van der Waals surface area (Å²) in [4.78, 5) is 42.6. The molecule has 10 heteroatoms. The van der Waals surface area contributed by atoms with Crippen LogP contribution in [-0.2, 0) is 25.7 Å². The van der Waals surface area contributed by atoms with Crippen molar-refractivity contribution in [3.8, 4) is 5.75 Å². The fourth-order valence-corrected chi connectivity index (χ4v) is 4.59. The lowest BCUT2D eigenvalue weighted by Gasteiger charge is -2.48. The maximum atomic E-state index is 13.3. The predicted molar refractivity (Wildman–Crippen MR) is 158 cm³/mol. The molecule has 3 atom stereocenters. The van der Waals surface area contributed by atoms with Crippen LogP contribution >= 0.6 is 0 Å². The number of hydrogen-bond acceptors (Lipinski definition) is 7. The molecule has 1 aliphatic heterocycles. The third-order valence-electron chi connectivity index (χ3n) is 6.70. The van der Waals surface area contributed by atoms with Gasteiger partial charge in [-0.05, 0) is 65.9 Å². The van der Waals surface area contributed by atoms with E-state index in [9.17, 15) is 19.1 Å². The van der Waals surface area contributed by atoms with Crippen molar-refractivity contribution >= 4 is 31.1 Å². The quantitative estimate of drug-likeness (QED) is 0.303. The monoisotopic (exact) mass is 582 g/mol. The van der Waals surface area contributed by atoms with E-state index in [2.05, 4.69) is 5.32 Å². The highest BCUT2D eigenvalue weighted by Crippen LogP contribution is 2.46. The van der Waals surface area contributed by atoms with Gasteiger partial charge in [-0.2, -0.15) is 0 Å².